The fourth-order valence-corrected chi connectivity index (χ4v) is 1.03. The van der Waals surface area contributed by atoms with Gasteiger partial charge in [0.2, 0.25) is 0 Å². The Kier molecular flexibility index (Phi) is 5.98. The maximum absolute atomic E-state index is 13.7. The molecule has 0 aliphatic heterocycles. The Labute approximate surface area is 124 Å². The molecule has 0 heterocycles. The van der Waals surface area contributed by atoms with Crippen LogP contribution in [0.5, 0.6) is 0 Å². The van der Waals surface area contributed by atoms with Crippen LogP contribution in [-0.2, 0) is 19.1 Å². The highest BCUT2D eigenvalue weighted by Crippen LogP contribution is 2.51. The summed E-state index contributed by atoms with van der Waals surface area (Å²) in [5.74, 6) is -27.8. The molecule has 0 bridgehead atoms. The van der Waals surface area contributed by atoms with Crippen molar-refractivity contribution >= 4 is 11.9 Å². The molecule has 0 spiro atoms. The minimum absolute atomic E-state index is 0.0884. The molecule has 6 nitrogen and oxygen atoms in total. The van der Waals surface area contributed by atoms with Crippen molar-refractivity contribution in [2.75, 3.05) is 6.61 Å². The molecule has 0 unspecified atom stereocenters. The molecule has 0 aromatic heterocycles. The Morgan fingerprint density at radius 1 is 0.913 bits per heavy atom. The van der Waals surface area contributed by atoms with Crippen molar-refractivity contribution in [1.29, 1.82) is 0 Å². The average Bonchev–Trinajstić information content (AvgIpc) is 2.45. The zero-order chi connectivity index (χ0) is 18.7. The summed E-state index contributed by atoms with van der Waals surface area (Å²) in [7, 11) is 0. The van der Waals surface area contributed by atoms with Gasteiger partial charge in [-0.15, -0.1) is 0 Å². The maximum Gasteiger partial charge on any atom is 0.448 e. The monoisotopic (exact) mass is 352 g/mol. The van der Waals surface area contributed by atoms with E-state index in [0.717, 1.165) is 0 Å². The summed E-state index contributed by atoms with van der Waals surface area (Å²) in [5, 5.41) is 17.4. The van der Waals surface area contributed by atoms with E-state index in [1.165, 1.54) is 0 Å². The molecule has 132 valence electrons. The van der Waals surface area contributed by atoms with Crippen LogP contribution in [0.15, 0.2) is 25.3 Å². The second-order valence-corrected chi connectivity index (χ2v) is 3.84. The molecule has 0 saturated carbocycles. The summed E-state index contributed by atoms with van der Waals surface area (Å²) in [5.41, 5.74) is 0. The lowest BCUT2D eigenvalue weighted by molar-refractivity contribution is -0.462. The standard InChI is InChI=1S/C11H10F6O6/c1-3-6(19)22-11(21,23-7(20)4-2)10(16,17)9(14,15)8(12,13)5-18/h3-4,18,21H,1-2,5H2. The van der Waals surface area contributed by atoms with Crippen molar-refractivity contribution in [2.24, 2.45) is 0 Å². The van der Waals surface area contributed by atoms with Gasteiger partial charge in [0.05, 0.1) is 0 Å². The number of rotatable bonds is 8. The van der Waals surface area contributed by atoms with Gasteiger partial charge in [-0.1, -0.05) is 13.2 Å². The number of aliphatic hydroxyl groups is 2. The van der Waals surface area contributed by atoms with Crippen molar-refractivity contribution in [3.05, 3.63) is 25.3 Å². The maximum atomic E-state index is 13.7. The Hall–Kier alpha value is -2.08. The van der Waals surface area contributed by atoms with Gasteiger partial charge in [-0.2, -0.15) is 26.3 Å². The molecule has 0 saturated heterocycles. The van der Waals surface area contributed by atoms with Gasteiger partial charge in [0.15, 0.2) is 0 Å². The van der Waals surface area contributed by atoms with E-state index in [0.29, 0.717) is 0 Å². The highest BCUT2D eigenvalue weighted by atomic mass is 19.3. The first-order valence-electron chi connectivity index (χ1n) is 5.40. The predicted octanol–water partition coefficient (Wildman–Crippen LogP) is 0.989. The van der Waals surface area contributed by atoms with E-state index in [-0.39, 0.29) is 12.2 Å². The first-order chi connectivity index (χ1) is 10.2. The average molecular weight is 352 g/mol. The predicted molar refractivity (Wildman–Crippen MR) is 59.5 cm³/mol. The van der Waals surface area contributed by atoms with Gasteiger partial charge >= 0.3 is 35.7 Å². The third-order valence-electron chi connectivity index (χ3n) is 2.26. The van der Waals surface area contributed by atoms with Gasteiger partial charge in [0.25, 0.3) is 0 Å². The van der Waals surface area contributed by atoms with Crippen LogP contribution >= 0.6 is 0 Å². The van der Waals surface area contributed by atoms with Gasteiger partial charge in [0.1, 0.15) is 6.61 Å². The molecule has 0 aliphatic carbocycles. The number of aliphatic hydroxyl groups excluding tert-OH is 1. The summed E-state index contributed by atoms with van der Waals surface area (Å²) >= 11 is 0. The lowest BCUT2D eigenvalue weighted by Gasteiger charge is -2.38. The van der Waals surface area contributed by atoms with Crippen LogP contribution in [0.4, 0.5) is 26.3 Å². The fraction of sp³-hybridized carbons (Fsp3) is 0.455. The molecule has 0 rings (SSSR count). The number of esters is 2. The fourth-order valence-electron chi connectivity index (χ4n) is 1.03. The molecule has 12 heteroatoms. The van der Waals surface area contributed by atoms with Crippen molar-refractivity contribution < 1.29 is 55.6 Å². The number of carbonyl (C=O) groups is 2. The van der Waals surface area contributed by atoms with Gasteiger partial charge in [-0.3, -0.25) is 0 Å². The molecule has 0 aromatic carbocycles. The number of hydrogen-bond donors (Lipinski definition) is 2. The van der Waals surface area contributed by atoms with Crippen LogP contribution < -0.4 is 0 Å². The summed E-state index contributed by atoms with van der Waals surface area (Å²) in [6.45, 7) is 2.62. The number of hydrogen-bond acceptors (Lipinski definition) is 6. The highest BCUT2D eigenvalue weighted by molar-refractivity contribution is 5.83. The highest BCUT2D eigenvalue weighted by Gasteiger charge is 2.82. The van der Waals surface area contributed by atoms with Gasteiger partial charge in [-0.25, -0.2) is 9.59 Å². The van der Waals surface area contributed by atoms with Gasteiger partial charge in [-0.05, 0) is 0 Å². The van der Waals surface area contributed by atoms with Crippen LogP contribution in [0.2, 0.25) is 0 Å². The second-order valence-electron chi connectivity index (χ2n) is 3.84. The first kappa shape index (κ1) is 20.9. The minimum Gasteiger partial charge on any atom is -0.390 e. The third kappa shape index (κ3) is 3.64. The summed E-state index contributed by atoms with van der Waals surface area (Å²) in [6.07, 6.45) is 0.177. The van der Waals surface area contributed by atoms with Crippen molar-refractivity contribution in [3.63, 3.8) is 0 Å². The van der Waals surface area contributed by atoms with E-state index in [1.807, 2.05) is 0 Å². The number of halogens is 6. The molecule has 0 aromatic rings. The molecule has 0 amide bonds. The first-order valence-corrected chi connectivity index (χ1v) is 5.40. The number of alkyl halides is 6. The summed E-state index contributed by atoms with van der Waals surface area (Å²) < 4.78 is 86.7. The van der Waals surface area contributed by atoms with Crippen LogP contribution in [0.25, 0.3) is 0 Å². The third-order valence-corrected chi connectivity index (χ3v) is 2.26. The molecule has 0 atom stereocenters. The Morgan fingerprint density at radius 3 is 1.52 bits per heavy atom. The van der Waals surface area contributed by atoms with Crippen LogP contribution in [0.1, 0.15) is 0 Å². The van der Waals surface area contributed by atoms with Crippen LogP contribution in [-0.4, -0.2) is 52.5 Å². The number of carbonyl (C=O) groups excluding carboxylic acids is 2. The van der Waals surface area contributed by atoms with E-state index >= 15 is 0 Å². The SMILES string of the molecule is C=CC(=O)OC(O)(OC(=O)C=C)C(F)(F)C(F)(F)C(F)(F)CO. The zero-order valence-corrected chi connectivity index (χ0v) is 11.1. The van der Waals surface area contributed by atoms with E-state index in [9.17, 15) is 41.0 Å². The second kappa shape index (κ2) is 6.58. The van der Waals surface area contributed by atoms with E-state index in [4.69, 9.17) is 5.11 Å². The molecule has 23 heavy (non-hydrogen) atoms. The molecule has 0 aliphatic rings. The lowest BCUT2D eigenvalue weighted by Crippen LogP contribution is -2.68. The van der Waals surface area contributed by atoms with E-state index < -0.39 is 42.3 Å². The molecule has 2 N–H and O–H groups in total. The molecule has 0 radical (unpaired) electrons. The number of ether oxygens (including phenoxy) is 2. The van der Waals surface area contributed by atoms with Crippen molar-refractivity contribution in [1.82, 2.24) is 0 Å². The van der Waals surface area contributed by atoms with Gasteiger partial charge < -0.3 is 19.7 Å². The van der Waals surface area contributed by atoms with Crippen molar-refractivity contribution in [3.8, 4) is 0 Å². The largest absolute Gasteiger partial charge is 0.448 e. The van der Waals surface area contributed by atoms with Crippen LogP contribution in [0, 0.1) is 0 Å². The molecular formula is C11H10F6O6. The summed E-state index contributed by atoms with van der Waals surface area (Å²) in [6, 6.07) is 0. The Balaban J connectivity index is 6.12. The van der Waals surface area contributed by atoms with Gasteiger partial charge in [0, 0.05) is 12.2 Å². The Morgan fingerprint density at radius 2 is 1.26 bits per heavy atom. The normalized spacial score (nSPS) is 13.2. The van der Waals surface area contributed by atoms with E-state index in [2.05, 4.69) is 22.6 Å². The molecular weight excluding hydrogens is 342 g/mol. The Bertz CT molecular complexity index is 481. The lowest BCUT2D eigenvalue weighted by atomic mass is 10.0. The quantitative estimate of drug-likeness (QED) is 0.293. The minimum atomic E-state index is -6.49. The smallest absolute Gasteiger partial charge is 0.390 e. The molecule has 0 fully saturated rings. The summed E-state index contributed by atoms with van der Waals surface area (Å²) in [4.78, 5) is 21.7. The topological polar surface area (TPSA) is 93.1 Å². The van der Waals surface area contributed by atoms with Crippen molar-refractivity contribution in [2.45, 2.75) is 23.7 Å². The van der Waals surface area contributed by atoms with Crippen LogP contribution in [0.3, 0.4) is 0 Å². The van der Waals surface area contributed by atoms with E-state index in [1.54, 1.807) is 0 Å². The zero-order valence-electron chi connectivity index (χ0n) is 11.1.